The summed E-state index contributed by atoms with van der Waals surface area (Å²) in [7, 11) is 1.81. The standard InChI is InChI=1S/C20H24N4O2/c1-15-7-3-4-8-16(15)13-23(2)19(26)14-24-18-10-6-5-9-17(18)22-20(24)21-11-12-25/h3-10,25H,11-14H2,1-2H3,(H,21,22). The molecule has 0 fully saturated rings. The van der Waals surface area contributed by atoms with Gasteiger partial charge in [0, 0.05) is 20.1 Å². The van der Waals surface area contributed by atoms with Gasteiger partial charge in [-0.25, -0.2) is 4.98 Å². The summed E-state index contributed by atoms with van der Waals surface area (Å²) >= 11 is 0. The Morgan fingerprint density at radius 3 is 2.69 bits per heavy atom. The molecule has 0 aliphatic rings. The van der Waals surface area contributed by atoms with E-state index in [-0.39, 0.29) is 19.1 Å². The number of imidazole rings is 1. The Bertz CT molecular complexity index is 904. The maximum absolute atomic E-state index is 12.8. The molecule has 6 heteroatoms. The number of anilines is 1. The normalized spacial score (nSPS) is 10.9. The topological polar surface area (TPSA) is 70.4 Å². The van der Waals surface area contributed by atoms with Crippen LogP contribution in [0.4, 0.5) is 5.95 Å². The predicted molar refractivity (Wildman–Crippen MR) is 103 cm³/mol. The molecule has 26 heavy (non-hydrogen) atoms. The van der Waals surface area contributed by atoms with Gasteiger partial charge in [0.05, 0.1) is 17.6 Å². The number of amides is 1. The molecule has 3 aromatic rings. The van der Waals surface area contributed by atoms with Gasteiger partial charge in [0.2, 0.25) is 11.9 Å². The quantitative estimate of drug-likeness (QED) is 0.685. The van der Waals surface area contributed by atoms with E-state index in [0.29, 0.717) is 19.0 Å². The van der Waals surface area contributed by atoms with Crippen molar-refractivity contribution in [3.8, 4) is 0 Å². The van der Waals surface area contributed by atoms with Crippen LogP contribution in [0.15, 0.2) is 48.5 Å². The number of hydrogen-bond donors (Lipinski definition) is 2. The van der Waals surface area contributed by atoms with Crippen molar-refractivity contribution in [3.63, 3.8) is 0 Å². The van der Waals surface area contributed by atoms with Crippen LogP contribution in [0.5, 0.6) is 0 Å². The molecule has 136 valence electrons. The monoisotopic (exact) mass is 352 g/mol. The van der Waals surface area contributed by atoms with E-state index in [1.54, 1.807) is 4.90 Å². The van der Waals surface area contributed by atoms with Crippen molar-refractivity contribution in [1.82, 2.24) is 14.5 Å². The van der Waals surface area contributed by atoms with Crippen molar-refractivity contribution in [1.29, 1.82) is 0 Å². The molecule has 1 heterocycles. The van der Waals surface area contributed by atoms with Gasteiger partial charge in [-0.3, -0.25) is 4.79 Å². The number of para-hydroxylation sites is 2. The number of fused-ring (bicyclic) bond motifs is 1. The highest BCUT2D eigenvalue weighted by atomic mass is 16.3. The smallest absolute Gasteiger partial charge is 0.242 e. The molecule has 1 aromatic heterocycles. The van der Waals surface area contributed by atoms with Gasteiger partial charge in [0.15, 0.2) is 0 Å². The van der Waals surface area contributed by atoms with E-state index in [1.807, 2.05) is 67.1 Å². The van der Waals surface area contributed by atoms with Crippen molar-refractivity contribution >= 4 is 22.9 Å². The van der Waals surface area contributed by atoms with Crippen LogP contribution in [0.2, 0.25) is 0 Å². The van der Waals surface area contributed by atoms with E-state index in [9.17, 15) is 4.79 Å². The van der Waals surface area contributed by atoms with Crippen molar-refractivity contribution in [2.24, 2.45) is 0 Å². The zero-order chi connectivity index (χ0) is 18.5. The third-order valence-corrected chi connectivity index (χ3v) is 4.44. The molecule has 1 amide bonds. The molecular weight excluding hydrogens is 328 g/mol. The number of aliphatic hydroxyl groups excluding tert-OH is 1. The van der Waals surface area contributed by atoms with Gasteiger partial charge in [0.1, 0.15) is 6.54 Å². The van der Waals surface area contributed by atoms with Gasteiger partial charge in [-0.15, -0.1) is 0 Å². The molecule has 0 unspecified atom stereocenters. The first-order valence-electron chi connectivity index (χ1n) is 8.68. The molecule has 0 saturated carbocycles. The van der Waals surface area contributed by atoms with E-state index in [1.165, 1.54) is 5.56 Å². The van der Waals surface area contributed by atoms with Crippen LogP contribution >= 0.6 is 0 Å². The van der Waals surface area contributed by atoms with Gasteiger partial charge >= 0.3 is 0 Å². The summed E-state index contributed by atoms with van der Waals surface area (Å²) in [5.41, 5.74) is 4.02. The number of hydrogen-bond acceptors (Lipinski definition) is 4. The fourth-order valence-electron chi connectivity index (χ4n) is 2.93. The number of aromatic nitrogens is 2. The minimum atomic E-state index is 0.00320. The maximum atomic E-state index is 12.8. The van der Waals surface area contributed by atoms with E-state index in [4.69, 9.17) is 5.11 Å². The molecule has 2 N–H and O–H groups in total. The first kappa shape index (κ1) is 17.9. The first-order valence-corrected chi connectivity index (χ1v) is 8.68. The molecule has 0 spiro atoms. The number of benzene rings is 2. The second kappa shape index (κ2) is 8.01. The Balaban J connectivity index is 1.80. The summed E-state index contributed by atoms with van der Waals surface area (Å²) in [5.74, 6) is 0.598. The van der Waals surface area contributed by atoms with Crippen LogP contribution in [0.25, 0.3) is 11.0 Å². The van der Waals surface area contributed by atoms with Gasteiger partial charge < -0.3 is 19.9 Å². The van der Waals surface area contributed by atoms with Crippen LogP contribution in [0.3, 0.4) is 0 Å². The number of rotatable bonds is 7. The van der Waals surface area contributed by atoms with Crippen molar-refractivity contribution < 1.29 is 9.90 Å². The number of carbonyl (C=O) groups excluding carboxylic acids is 1. The molecule has 0 bridgehead atoms. The Hall–Kier alpha value is -2.86. The van der Waals surface area contributed by atoms with Gasteiger partial charge in [-0.05, 0) is 30.2 Å². The molecule has 6 nitrogen and oxygen atoms in total. The number of likely N-dealkylation sites (N-methyl/N-ethyl adjacent to an activating group) is 1. The maximum Gasteiger partial charge on any atom is 0.242 e. The zero-order valence-corrected chi connectivity index (χ0v) is 15.1. The Morgan fingerprint density at radius 2 is 1.92 bits per heavy atom. The molecular formula is C20H24N4O2. The first-order chi connectivity index (χ1) is 12.6. The molecule has 0 radical (unpaired) electrons. The lowest BCUT2D eigenvalue weighted by Gasteiger charge is -2.20. The molecule has 0 aliphatic heterocycles. The van der Waals surface area contributed by atoms with E-state index >= 15 is 0 Å². The van der Waals surface area contributed by atoms with Crippen LogP contribution in [0.1, 0.15) is 11.1 Å². The number of nitrogens with zero attached hydrogens (tertiary/aromatic N) is 3. The minimum Gasteiger partial charge on any atom is -0.395 e. The SMILES string of the molecule is Cc1ccccc1CN(C)C(=O)Cn1c(NCCO)nc2ccccc21. The third kappa shape index (κ3) is 3.86. The highest BCUT2D eigenvalue weighted by Crippen LogP contribution is 2.20. The third-order valence-electron chi connectivity index (χ3n) is 4.44. The van der Waals surface area contributed by atoms with Crippen molar-refractivity contribution in [3.05, 3.63) is 59.7 Å². The Labute approximate surface area is 153 Å². The summed E-state index contributed by atoms with van der Waals surface area (Å²) in [6.07, 6.45) is 0. The van der Waals surface area contributed by atoms with Crippen LogP contribution in [-0.2, 0) is 17.9 Å². The number of aliphatic hydroxyl groups is 1. The second-order valence-electron chi connectivity index (χ2n) is 6.34. The highest BCUT2D eigenvalue weighted by molar-refractivity contribution is 5.83. The molecule has 0 atom stereocenters. The second-order valence-corrected chi connectivity index (χ2v) is 6.34. The summed E-state index contributed by atoms with van der Waals surface area (Å²) < 4.78 is 1.86. The summed E-state index contributed by atoms with van der Waals surface area (Å²) in [4.78, 5) is 19.1. The van der Waals surface area contributed by atoms with E-state index in [2.05, 4.69) is 10.3 Å². The predicted octanol–water partition coefficient (Wildman–Crippen LogP) is 2.41. The number of nitrogens with one attached hydrogen (secondary N) is 1. The van der Waals surface area contributed by atoms with Crippen LogP contribution in [0, 0.1) is 6.92 Å². The van der Waals surface area contributed by atoms with Crippen LogP contribution in [-0.4, -0.2) is 45.7 Å². The van der Waals surface area contributed by atoms with Gasteiger partial charge in [0.25, 0.3) is 0 Å². The average molecular weight is 352 g/mol. The zero-order valence-electron chi connectivity index (χ0n) is 15.1. The minimum absolute atomic E-state index is 0.00320. The van der Waals surface area contributed by atoms with E-state index in [0.717, 1.165) is 16.6 Å². The van der Waals surface area contributed by atoms with Gasteiger partial charge in [-0.1, -0.05) is 36.4 Å². The largest absolute Gasteiger partial charge is 0.395 e. The lowest BCUT2D eigenvalue weighted by atomic mass is 10.1. The summed E-state index contributed by atoms with van der Waals surface area (Å²) in [6.45, 7) is 3.20. The Kier molecular flexibility index (Phi) is 5.53. The fraction of sp³-hybridized carbons (Fsp3) is 0.300. The average Bonchev–Trinajstić information content (AvgIpc) is 2.99. The lowest BCUT2D eigenvalue weighted by Crippen LogP contribution is -2.30. The fourth-order valence-corrected chi connectivity index (χ4v) is 2.93. The molecule has 3 rings (SSSR count). The summed E-state index contributed by atoms with van der Waals surface area (Å²) in [6, 6.07) is 15.8. The lowest BCUT2D eigenvalue weighted by molar-refractivity contribution is -0.130. The van der Waals surface area contributed by atoms with Gasteiger partial charge in [-0.2, -0.15) is 0 Å². The number of aryl methyl sites for hydroxylation is 1. The van der Waals surface area contributed by atoms with E-state index < -0.39 is 0 Å². The highest BCUT2D eigenvalue weighted by Gasteiger charge is 2.16. The van der Waals surface area contributed by atoms with Crippen molar-refractivity contribution in [2.75, 3.05) is 25.5 Å². The Morgan fingerprint density at radius 1 is 1.19 bits per heavy atom. The van der Waals surface area contributed by atoms with Crippen molar-refractivity contribution in [2.45, 2.75) is 20.0 Å². The summed E-state index contributed by atoms with van der Waals surface area (Å²) in [5, 5.41) is 12.2. The molecule has 2 aromatic carbocycles. The number of carbonyl (C=O) groups is 1. The van der Waals surface area contributed by atoms with Crippen LogP contribution < -0.4 is 5.32 Å². The molecule has 0 saturated heterocycles. The molecule has 0 aliphatic carbocycles.